The zero-order chi connectivity index (χ0) is 11.2. The number of Topliss-reactive ketones (excluding diaryl/α,β-unsaturated/α-hetero) is 1. The van der Waals surface area contributed by atoms with Crippen molar-refractivity contribution in [2.45, 2.75) is 12.8 Å². The Kier molecular flexibility index (Phi) is 2.01. The van der Waals surface area contributed by atoms with Crippen molar-refractivity contribution < 1.29 is 9.90 Å². The van der Waals surface area contributed by atoms with Crippen molar-refractivity contribution in [3.8, 4) is 0 Å². The average Bonchev–Trinajstić information content (AvgIpc) is 2.98. The number of rotatable bonds is 2. The van der Waals surface area contributed by atoms with Crippen molar-refractivity contribution in [3.05, 3.63) is 41.5 Å². The van der Waals surface area contributed by atoms with Crippen LogP contribution in [0.5, 0.6) is 0 Å². The van der Waals surface area contributed by atoms with Gasteiger partial charge in [0.15, 0.2) is 5.78 Å². The molecule has 0 bridgehead atoms. The maximum absolute atomic E-state index is 11.9. The fraction of sp³-hybridized carbons (Fsp3) is 0.357. The SMILES string of the molecule is O=C1/C(=C/c2ccccc2)CC2(CO)CC12. The quantitative estimate of drug-likeness (QED) is 0.765. The van der Waals surface area contributed by atoms with Crippen LogP contribution in [0.4, 0.5) is 0 Å². The number of hydrogen-bond donors (Lipinski definition) is 1. The zero-order valence-corrected chi connectivity index (χ0v) is 9.02. The Balaban J connectivity index is 1.88. The molecule has 0 radical (unpaired) electrons. The first-order chi connectivity index (χ1) is 7.75. The molecule has 0 amide bonds. The minimum Gasteiger partial charge on any atom is -0.396 e. The van der Waals surface area contributed by atoms with Gasteiger partial charge in [-0.3, -0.25) is 4.79 Å². The van der Waals surface area contributed by atoms with Gasteiger partial charge in [-0.05, 0) is 30.1 Å². The van der Waals surface area contributed by atoms with Crippen LogP contribution in [0.15, 0.2) is 35.9 Å². The van der Waals surface area contributed by atoms with Crippen molar-refractivity contribution in [1.82, 2.24) is 0 Å². The molecule has 0 spiro atoms. The van der Waals surface area contributed by atoms with Crippen molar-refractivity contribution >= 4 is 11.9 Å². The van der Waals surface area contributed by atoms with E-state index < -0.39 is 0 Å². The summed E-state index contributed by atoms with van der Waals surface area (Å²) in [6, 6.07) is 9.89. The highest BCUT2D eigenvalue weighted by Gasteiger charge is 2.63. The van der Waals surface area contributed by atoms with E-state index in [0.29, 0.717) is 0 Å². The minimum absolute atomic E-state index is 0.0856. The summed E-state index contributed by atoms with van der Waals surface area (Å²) in [4.78, 5) is 11.9. The van der Waals surface area contributed by atoms with Crippen LogP contribution in [0.3, 0.4) is 0 Å². The van der Waals surface area contributed by atoms with Gasteiger partial charge in [-0.2, -0.15) is 0 Å². The van der Waals surface area contributed by atoms with E-state index >= 15 is 0 Å². The number of allylic oxidation sites excluding steroid dienone is 1. The number of carbonyl (C=O) groups is 1. The second kappa shape index (κ2) is 3.29. The average molecular weight is 214 g/mol. The van der Waals surface area contributed by atoms with E-state index in [1.165, 1.54) is 0 Å². The topological polar surface area (TPSA) is 37.3 Å². The largest absolute Gasteiger partial charge is 0.396 e. The van der Waals surface area contributed by atoms with E-state index in [2.05, 4.69) is 0 Å². The summed E-state index contributed by atoms with van der Waals surface area (Å²) < 4.78 is 0. The Bertz CT molecular complexity index is 461. The van der Waals surface area contributed by atoms with Crippen LogP contribution in [-0.2, 0) is 4.79 Å². The van der Waals surface area contributed by atoms with E-state index in [4.69, 9.17) is 0 Å². The van der Waals surface area contributed by atoms with Gasteiger partial charge < -0.3 is 5.11 Å². The first kappa shape index (κ1) is 9.79. The molecule has 1 aromatic carbocycles. The molecule has 3 rings (SSSR count). The summed E-state index contributed by atoms with van der Waals surface area (Å²) in [7, 11) is 0. The van der Waals surface area contributed by atoms with Gasteiger partial charge in [0.2, 0.25) is 0 Å². The second-order valence-corrected chi connectivity index (χ2v) is 4.90. The zero-order valence-electron chi connectivity index (χ0n) is 9.02. The van der Waals surface area contributed by atoms with Crippen LogP contribution in [0, 0.1) is 11.3 Å². The molecule has 2 aliphatic carbocycles. The van der Waals surface area contributed by atoms with Crippen LogP contribution in [0.1, 0.15) is 18.4 Å². The summed E-state index contributed by atoms with van der Waals surface area (Å²) >= 11 is 0. The third-order valence-electron chi connectivity index (χ3n) is 3.82. The molecule has 82 valence electrons. The Morgan fingerprint density at radius 2 is 2.12 bits per heavy atom. The van der Waals surface area contributed by atoms with Gasteiger partial charge >= 0.3 is 0 Å². The number of hydrogen-bond acceptors (Lipinski definition) is 2. The van der Waals surface area contributed by atoms with Crippen LogP contribution >= 0.6 is 0 Å². The Labute approximate surface area is 94.6 Å². The number of ketones is 1. The predicted molar refractivity (Wildman–Crippen MR) is 61.7 cm³/mol. The van der Waals surface area contributed by atoms with Crippen LogP contribution in [0.25, 0.3) is 6.08 Å². The summed E-state index contributed by atoms with van der Waals surface area (Å²) in [5, 5.41) is 9.29. The first-order valence-corrected chi connectivity index (χ1v) is 5.66. The van der Waals surface area contributed by atoms with Gasteiger partial charge in [0.1, 0.15) is 0 Å². The molecule has 16 heavy (non-hydrogen) atoms. The lowest BCUT2D eigenvalue weighted by Crippen LogP contribution is -2.04. The molecule has 2 heteroatoms. The summed E-state index contributed by atoms with van der Waals surface area (Å²) in [6.45, 7) is 0.148. The lowest BCUT2D eigenvalue weighted by molar-refractivity contribution is -0.116. The first-order valence-electron chi connectivity index (χ1n) is 5.66. The fourth-order valence-corrected chi connectivity index (χ4v) is 2.71. The van der Waals surface area contributed by atoms with E-state index in [-0.39, 0.29) is 23.7 Å². The molecule has 0 aromatic heterocycles. The molecule has 2 unspecified atom stereocenters. The third kappa shape index (κ3) is 1.34. The van der Waals surface area contributed by atoms with Crippen molar-refractivity contribution in [2.75, 3.05) is 6.61 Å². The highest BCUT2D eigenvalue weighted by Crippen LogP contribution is 2.63. The van der Waals surface area contributed by atoms with Gasteiger partial charge in [0.05, 0.1) is 0 Å². The van der Waals surface area contributed by atoms with Gasteiger partial charge in [-0.25, -0.2) is 0 Å². The molecule has 0 heterocycles. The van der Waals surface area contributed by atoms with Crippen LogP contribution < -0.4 is 0 Å². The van der Waals surface area contributed by atoms with Crippen molar-refractivity contribution in [3.63, 3.8) is 0 Å². The van der Waals surface area contributed by atoms with Gasteiger partial charge in [-0.1, -0.05) is 30.3 Å². The molecule has 2 nitrogen and oxygen atoms in total. The smallest absolute Gasteiger partial charge is 0.162 e. The summed E-state index contributed by atoms with van der Waals surface area (Å²) in [5.74, 6) is 0.352. The van der Waals surface area contributed by atoms with E-state index in [9.17, 15) is 9.90 Å². The maximum Gasteiger partial charge on any atom is 0.162 e. The van der Waals surface area contributed by atoms with Gasteiger partial charge in [0.25, 0.3) is 0 Å². The normalized spacial score (nSPS) is 34.2. The monoisotopic (exact) mass is 214 g/mol. The van der Waals surface area contributed by atoms with E-state index in [1.807, 2.05) is 36.4 Å². The Morgan fingerprint density at radius 3 is 2.75 bits per heavy atom. The Morgan fingerprint density at radius 1 is 1.38 bits per heavy atom. The highest BCUT2D eigenvalue weighted by molar-refractivity contribution is 6.06. The number of benzene rings is 1. The summed E-state index contributed by atoms with van der Waals surface area (Å²) in [6.07, 6.45) is 3.60. The molecule has 0 saturated heterocycles. The molecule has 2 aliphatic rings. The van der Waals surface area contributed by atoms with Crippen molar-refractivity contribution in [2.24, 2.45) is 11.3 Å². The molecular formula is C14H14O2. The standard InChI is InChI=1S/C14H14O2/c15-9-14-7-11(13(16)12(14)8-14)6-10-4-2-1-3-5-10/h1-6,12,15H,7-9H2/b11-6+. The predicted octanol–water partition coefficient (Wildman–Crippen LogP) is 2.04. The fourth-order valence-electron chi connectivity index (χ4n) is 2.71. The number of fused-ring (bicyclic) bond motifs is 1. The number of aliphatic hydroxyl groups excluding tert-OH is 1. The lowest BCUT2D eigenvalue weighted by atomic mass is 10.0. The Hall–Kier alpha value is -1.41. The summed E-state index contributed by atoms with van der Waals surface area (Å²) in [5.41, 5.74) is 1.87. The third-order valence-corrected chi connectivity index (χ3v) is 3.82. The van der Waals surface area contributed by atoms with Gasteiger partial charge in [-0.15, -0.1) is 0 Å². The maximum atomic E-state index is 11.9. The van der Waals surface area contributed by atoms with Crippen LogP contribution in [-0.4, -0.2) is 17.5 Å². The molecule has 2 atom stereocenters. The van der Waals surface area contributed by atoms with Crippen molar-refractivity contribution in [1.29, 1.82) is 0 Å². The molecule has 2 saturated carbocycles. The molecular weight excluding hydrogens is 200 g/mol. The molecule has 1 N–H and O–H groups in total. The molecule has 1 aromatic rings. The molecule has 2 fully saturated rings. The van der Waals surface area contributed by atoms with Gasteiger partial charge in [0, 0.05) is 17.9 Å². The van der Waals surface area contributed by atoms with Crippen LogP contribution in [0.2, 0.25) is 0 Å². The number of carbonyl (C=O) groups excluding carboxylic acids is 1. The lowest BCUT2D eigenvalue weighted by Gasteiger charge is -2.05. The van der Waals surface area contributed by atoms with E-state index in [0.717, 1.165) is 24.0 Å². The minimum atomic E-state index is -0.0856. The number of aliphatic hydroxyl groups is 1. The molecule has 0 aliphatic heterocycles. The highest BCUT2D eigenvalue weighted by atomic mass is 16.3. The van der Waals surface area contributed by atoms with E-state index in [1.54, 1.807) is 0 Å². The second-order valence-electron chi connectivity index (χ2n) is 4.90.